The molecule has 26 heavy (non-hydrogen) atoms. The zero-order chi connectivity index (χ0) is 18.2. The lowest BCUT2D eigenvalue weighted by Crippen LogP contribution is -2.43. The van der Waals surface area contributed by atoms with Crippen molar-refractivity contribution in [2.45, 2.75) is 31.8 Å². The Balaban J connectivity index is 1.51. The van der Waals surface area contributed by atoms with E-state index in [1.54, 1.807) is 18.4 Å². The zero-order valence-corrected chi connectivity index (χ0v) is 14.8. The van der Waals surface area contributed by atoms with Crippen molar-refractivity contribution in [1.29, 1.82) is 5.26 Å². The molecule has 1 unspecified atom stereocenters. The minimum atomic E-state index is -0.206. The van der Waals surface area contributed by atoms with Gasteiger partial charge in [-0.25, -0.2) is 4.79 Å². The third-order valence-electron chi connectivity index (χ3n) is 4.70. The fourth-order valence-electron chi connectivity index (χ4n) is 3.25. The van der Waals surface area contributed by atoms with Crippen LogP contribution < -0.4 is 10.6 Å². The molecule has 0 bridgehead atoms. The summed E-state index contributed by atoms with van der Waals surface area (Å²) in [6.45, 7) is 2.99. The molecule has 2 amide bonds. The average Bonchev–Trinajstić information content (AvgIpc) is 3.22. The van der Waals surface area contributed by atoms with Crippen LogP contribution in [0.5, 0.6) is 0 Å². The number of hydrogen-bond acceptors (Lipinski definition) is 4. The first kappa shape index (κ1) is 18.0. The molecule has 0 saturated carbocycles. The highest BCUT2D eigenvalue weighted by Gasteiger charge is 2.24. The summed E-state index contributed by atoms with van der Waals surface area (Å²) in [5.74, 6) is 0.888. The van der Waals surface area contributed by atoms with E-state index in [0.717, 1.165) is 24.4 Å². The maximum atomic E-state index is 12.2. The molecule has 1 aliphatic rings. The molecule has 0 spiro atoms. The molecule has 1 aliphatic heterocycles. The number of rotatable bonds is 6. The van der Waals surface area contributed by atoms with Crippen LogP contribution >= 0.6 is 0 Å². The highest BCUT2D eigenvalue weighted by molar-refractivity contribution is 5.73. The van der Waals surface area contributed by atoms with E-state index in [4.69, 9.17) is 9.68 Å². The van der Waals surface area contributed by atoms with Crippen LogP contribution in [0.3, 0.4) is 0 Å². The van der Waals surface area contributed by atoms with Crippen molar-refractivity contribution in [3.63, 3.8) is 0 Å². The number of carbonyl (C=O) groups excluding carboxylic acids is 1. The number of amides is 2. The maximum Gasteiger partial charge on any atom is 0.315 e. The summed E-state index contributed by atoms with van der Waals surface area (Å²) in [6, 6.07) is 13.0. The van der Waals surface area contributed by atoms with Crippen LogP contribution in [0.15, 0.2) is 47.1 Å². The maximum absolute atomic E-state index is 12.2. The number of nitriles is 1. The summed E-state index contributed by atoms with van der Waals surface area (Å²) in [5.41, 5.74) is 1.57. The van der Waals surface area contributed by atoms with E-state index in [2.05, 4.69) is 21.6 Å². The van der Waals surface area contributed by atoms with Crippen molar-refractivity contribution in [2.24, 2.45) is 0 Å². The predicted octanol–water partition coefficient (Wildman–Crippen LogP) is 3.18. The van der Waals surface area contributed by atoms with Gasteiger partial charge in [-0.1, -0.05) is 18.6 Å². The molecule has 2 aromatic rings. The number of likely N-dealkylation sites (tertiary alicyclic amines) is 1. The number of nitrogens with zero attached hydrogens (tertiary/aromatic N) is 2. The zero-order valence-electron chi connectivity index (χ0n) is 14.8. The smallest absolute Gasteiger partial charge is 0.315 e. The molecule has 0 aliphatic carbocycles. The Morgan fingerprint density at radius 2 is 1.92 bits per heavy atom. The highest BCUT2D eigenvalue weighted by atomic mass is 16.3. The number of piperidine rings is 1. The van der Waals surface area contributed by atoms with Gasteiger partial charge in [-0.05, 0) is 55.8 Å². The summed E-state index contributed by atoms with van der Waals surface area (Å²) < 4.78 is 5.59. The summed E-state index contributed by atoms with van der Waals surface area (Å²) >= 11 is 0. The number of hydrogen-bond donors (Lipinski definition) is 2. The van der Waals surface area contributed by atoms with Gasteiger partial charge in [0.15, 0.2) is 0 Å². The molecule has 2 heterocycles. The molecule has 136 valence electrons. The van der Waals surface area contributed by atoms with Crippen molar-refractivity contribution in [2.75, 3.05) is 19.6 Å². The Bertz CT molecular complexity index is 728. The van der Waals surface area contributed by atoms with Gasteiger partial charge in [-0.2, -0.15) is 5.26 Å². The standard InChI is InChI=1S/C20H24N4O2/c21-13-16-6-8-17(9-7-16)14-22-20(25)23-15-18(19-5-4-12-26-19)24-10-2-1-3-11-24/h4-9,12,18H,1-3,10-11,14-15H2,(H2,22,23,25). The van der Waals surface area contributed by atoms with E-state index in [0.29, 0.717) is 18.7 Å². The predicted molar refractivity (Wildman–Crippen MR) is 98.3 cm³/mol. The molecule has 1 saturated heterocycles. The largest absolute Gasteiger partial charge is 0.468 e. The lowest BCUT2D eigenvalue weighted by molar-refractivity contribution is 0.143. The van der Waals surface area contributed by atoms with E-state index >= 15 is 0 Å². The monoisotopic (exact) mass is 352 g/mol. The first-order valence-corrected chi connectivity index (χ1v) is 9.04. The second kappa shape index (κ2) is 9.07. The molecule has 1 atom stereocenters. The number of furan rings is 1. The molecule has 6 heteroatoms. The molecule has 3 rings (SSSR count). The van der Waals surface area contributed by atoms with Gasteiger partial charge in [-0.3, -0.25) is 4.90 Å². The molecule has 2 N–H and O–H groups in total. The van der Waals surface area contributed by atoms with E-state index in [1.165, 1.54) is 19.3 Å². The molecule has 1 aromatic carbocycles. The molecule has 1 aromatic heterocycles. The molecule has 0 radical (unpaired) electrons. The molecule has 1 fully saturated rings. The summed E-state index contributed by atoms with van der Waals surface area (Å²) in [7, 11) is 0. The van der Waals surface area contributed by atoms with Crippen LogP contribution in [0, 0.1) is 11.3 Å². The second-order valence-electron chi connectivity index (χ2n) is 6.50. The Morgan fingerprint density at radius 3 is 2.58 bits per heavy atom. The van der Waals surface area contributed by atoms with Gasteiger partial charge in [0.1, 0.15) is 5.76 Å². The van der Waals surface area contributed by atoms with E-state index in [-0.39, 0.29) is 12.1 Å². The van der Waals surface area contributed by atoms with Gasteiger partial charge in [-0.15, -0.1) is 0 Å². The SMILES string of the molecule is N#Cc1ccc(CNC(=O)NCC(c2ccco2)N2CCCCC2)cc1. The minimum Gasteiger partial charge on any atom is -0.468 e. The van der Waals surface area contributed by atoms with Crippen LogP contribution in [0.1, 0.15) is 42.2 Å². The summed E-state index contributed by atoms with van der Waals surface area (Å²) in [6.07, 6.45) is 5.31. The Labute approximate surface area is 153 Å². The van der Waals surface area contributed by atoms with Gasteiger partial charge >= 0.3 is 6.03 Å². The number of benzene rings is 1. The lowest BCUT2D eigenvalue weighted by atomic mass is 10.1. The average molecular weight is 352 g/mol. The van der Waals surface area contributed by atoms with Gasteiger partial charge < -0.3 is 15.1 Å². The third-order valence-corrected chi connectivity index (χ3v) is 4.70. The van der Waals surface area contributed by atoms with E-state index in [1.807, 2.05) is 24.3 Å². The number of nitrogens with one attached hydrogen (secondary N) is 2. The van der Waals surface area contributed by atoms with Gasteiger partial charge in [0.05, 0.1) is 23.9 Å². The van der Waals surface area contributed by atoms with Gasteiger partial charge in [0.25, 0.3) is 0 Å². The fourth-order valence-corrected chi connectivity index (χ4v) is 3.25. The quantitative estimate of drug-likeness (QED) is 0.837. The molecular weight excluding hydrogens is 328 g/mol. The Kier molecular flexibility index (Phi) is 6.29. The first-order valence-electron chi connectivity index (χ1n) is 9.04. The van der Waals surface area contributed by atoms with Crippen LogP contribution in [0.4, 0.5) is 4.79 Å². The van der Waals surface area contributed by atoms with Crippen LogP contribution in [-0.2, 0) is 6.54 Å². The summed E-state index contributed by atoms with van der Waals surface area (Å²) in [5, 5.41) is 14.6. The first-order chi connectivity index (χ1) is 12.8. The van der Waals surface area contributed by atoms with Crippen molar-refractivity contribution >= 4 is 6.03 Å². The van der Waals surface area contributed by atoms with Crippen molar-refractivity contribution in [1.82, 2.24) is 15.5 Å². The normalized spacial score (nSPS) is 15.8. The topological polar surface area (TPSA) is 81.3 Å². The van der Waals surface area contributed by atoms with E-state index < -0.39 is 0 Å². The van der Waals surface area contributed by atoms with Gasteiger partial charge in [0, 0.05) is 13.1 Å². The second-order valence-corrected chi connectivity index (χ2v) is 6.50. The van der Waals surface area contributed by atoms with Crippen molar-refractivity contribution in [3.05, 3.63) is 59.5 Å². The Hall–Kier alpha value is -2.78. The van der Waals surface area contributed by atoms with Crippen molar-refractivity contribution in [3.8, 4) is 6.07 Å². The lowest BCUT2D eigenvalue weighted by Gasteiger charge is -2.33. The van der Waals surface area contributed by atoms with Crippen LogP contribution in [0.2, 0.25) is 0 Å². The van der Waals surface area contributed by atoms with Gasteiger partial charge in [0.2, 0.25) is 0 Å². The number of carbonyl (C=O) groups is 1. The summed E-state index contributed by atoms with van der Waals surface area (Å²) in [4.78, 5) is 14.6. The molecular formula is C20H24N4O2. The highest BCUT2D eigenvalue weighted by Crippen LogP contribution is 2.24. The number of urea groups is 1. The van der Waals surface area contributed by atoms with Crippen LogP contribution in [-0.4, -0.2) is 30.6 Å². The van der Waals surface area contributed by atoms with Crippen molar-refractivity contribution < 1.29 is 9.21 Å². The van der Waals surface area contributed by atoms with E-state index in [9.17, 15) is 4.79 Å². The molecule has 6 nitrogen and oxygen atoms in total. The Morgan fingerprint density at radius 1 is 1.15 bits per heavy atom. The third kappa shape index (κ3) is 4.87. The van der Waals surface area contributed by atoms with Crippen LogP contribution in [0.25, 0.3) is 0 Å². The fraction of sp³-hybridized carbons (Fsp3) is 0.400. The minimum absolute atomic E-state index is 0.0611.